The van der Waals surface area contributed by atoms with Crippen LogP contribution in [-0.2, 0) is 13.0 Å². The lowest BCUT2D eigenvalue weighted by Gasteiger charge is -2.14. The van der Waals surface area contributed by atoms with E-state index in [9.17, 15) is 14.4 Å². The number of H-pyrrole nitrogens is 1. The Hall–Kier alpha value is -2.86. The number of carbonyl (C=O) groups is 1. The molecule has 0 saturated heterocycles. The van der Waals surface area contributed by atoms with Crippen molar-refractivity contribution in [3.63, 3.8) is 0 Å². The number of aromatic nitrogens is 2. The zero-order valence-electron chi connectivity index (χ0n) is 14.7. The molecule has 0 fully saturated rings. The minimum Gasteiger partial charge on any atom is -0.345 e. The topological polar surface area (TPSA) is 84.0 Å². The van der Waals surface area contributed by atoms with Crippen molar-refractivity contribution < 1.29 is 4.79 Å². The van der Waals surface area contributed by atoms with E-state index in [-0.39, 0.29) is 24.1 Å². The number of hydrogen-bond donors (Lipinski definition) is 2. The molecule has 0 radical (unpaired) electrons. The van der Waals surface area contributed by atoms with Gasteiger partial charge in [0.25, 0.3) is 11.5 Å². The van der Waals surface area contributed by atoms with Crippen LogP contribution in [0.25, 0.3) is 10.9 Å². The summed E-state index contributed by atoms with van der Waals surface area (Å²) in [6, 6.07) is 10.4. The zero-order chi connectivity index (χ0) is 19.1. The van der Waals surface area contributed by atoms with E-state index >= 15 is 0 Å². The number of aromatic amines is 1. The number of amides is 1. The Bertz CT molecular complexity index is 1180. The van der Waals surface area contributed by atoms with E-state index in [1.54, 1.807) is 25.1 Å². The molecular formula is C20H18ClN3O3. The molecule has 1 atom stereocenters. The molecule has 1 aliphatic carbocycles. The first-order valence-electron chi connectivity index (χ1n) is 8.84. The molecule has 0 bridgehead atoms. The summed E-state index contributed by atoms with van der Waals surface area (Å²) in [5, 5.41) is 4.10. The lowest BCUT2D eigenvalue weighted by atomic mass is 10.1. The fraction of sp³-hybridized carbons (Fsp3) is 0.250. The van der Waals surface area contributed by atoms with E-state index in [0.717, 1.165) is 28.5 Å². The molecule has 27 heavy (non-hydrogen) atoms. The number of aryl methyl sites for hydroxylation is 1. The first-order valence-corrected chi connectivity index (χ1v) is 9.22. The minimum absolute atomic E-state index is 0.0763. The van der Waals surface area contributed by atoms with Gasteiger partial charge in [0.05, 0.1) is 16.9 Å². The maximum atomic E-state index is 12.7. The Kier molecular flexibility index (Phi) is 4.36. The Labute approximate surface area is 159 Å². The van der Waals surface area contributed by atoms with Gasteiger partial charge in [-0.15, -0.1) is 0 Å². The van der Waals surface area contributed by atoms with Crippen molar-refractivity contribution in [3.05, 3.63) is 78.9 Å². The lowest BCUT2D eigenvalue weighted by molar-refractivity contribution is 0.0937. The van der Waals surface area contributed by atoms with Gasteiger partial charge in [-0.1, -0.05) is 17.7 Å². The molecule has 1 unspecified atom stereocenters. The Balaban J connectivity index is 1.65. The number of nitrogens with one attached hydrogen (secondary N) is 2. The molecule has 0 aliphatic heterocycles. The molecule has 4 rings (SSSR count). The van der Waals surface area contributed by atoms with Gasteiger partial charge < -0.3 is 10.3 Å². The predicted octanol–water partition coefficient (Wildman–Crippen LogP) is 2.78. The summed E-state index contributed by atoms with van der Waals surface area (Å²) in [6.45, 7) is 2.02. The van der Waals surface area contributed by atoms with Gasteiger partial charge in [-0.3, -0.25) is 14.2 Å². The van der Waals surface area contributed by atoms with Crippen molar-refractivity contribution in [2.75, 3.05) is 0 Å². The van der Waals surface area contributed by atoms with Gasteiger partial charge in [-0.2, -0.15) is 0 Å². The summed E-state index contributed by atoms with van der Waals surface area (Å²) in [7, 11) is 0. The molecule has 3 aromatic rings. The Morgan fingerprint density at radius 3 is 2.85 bits per heavy atom. The molecule has 2 aromatic carbocycles. The van der Waals surface area contributed by atoms with Gasteiger partial charge in [-0.05, 0) is 61.2 Å². The molecule has 7 heteroatoms. The van der Waals surface area contributed by atoms with Crippen LogP contribution in [0.2, 0.25) is 5.02 Å². The van der Waals surface area contributed by atoms with Crippen LogP contribution in [0, 0.1) is 0 Å². The fourth-order valence-electron chi connectivity index (χ4n) is 3.66. The molecule has 1 amide bonds. The Morgan fingerprint density at radius 1 is 1.26 bits per heavy atom. The highest BCUT2D eigenvalue weighted by Gasteiger charge is 2.24. The molecule has 6 nitrogen and oxygen atoms in total. The van der Waals surface area contributed by atoms with E-state index in [4.69, 9.17) is 11.6 Å². The van der Waals surface area contributed by atoms with Crippen LogP contribution in [0.1, 0.15) is 40.9 Å². The first-order chi connectivity index (χ1) is 13.0. The van der Waals surface area contributed by atoms with E-state index < -0.39 is 5.69 Å². The molecule has 2 N–H and O–H groups in total. The van der Waals surface area contributed by atoms with E-state index in [2.05, 4.69) is 10.3 Å². The van der Waals surface area contributed by atoms with Crippen LogP contribution < -0.4 is 16.6 Å². The molecule has 0 saturated carbocycles. The summed E-state index contributed by atoms with van der Waals surface area (Å²) in [5.74, 6) is -0.245. The number of rotatable bonds is 3. The second-order valence-corrected chi connectivity index (χ2v) is 7.08. The first kappa shape index (κ1) is 17.5. The number of nitrogens with zero attached hydrogens (tertiary/aromatic N) is 1. The summed E-state index contributed by atoms with van der Waals surface area (Å²) in [5.41, 5.74) is 2.15. The van der Waals surface area contributed by atoms with Gasteiger partial charge in [0.15, 0.2) is 0 Å². The number of fused-ring (bicyclic) bond motifs is 2. The van der Waals surface area contributed by atoms with Crippen molar-refractivity contribution in [2.24, 2.45) is 0 Å². The minimum atomic E-state index is -0.478. The third-order valence-corrected chi connectivity index (χ3v) is 5.28. The van der Waals surface area contributed by atoms with Crippen LogP contribution in [0.15, 0.2) is 46.0 Å². The zero-order valence-corrected chi connectivity index (χ0v) is 15.5. The van der Waals surface area contributed by atoms with Crippen LogP contribution in [0.4, 0.5) is 0 Å². The second-order valence-electron chi connectivity index (χ2n) is 6.65. The SMILES string of the molecule is CCn1c(=O)[nH]c2cc(C(=O)NC3CCc4cc(Cl)ccc43)ccc2c1=O. The fourth-order valence-corrected chi connectivity index (χ4v) is 3.86. The summed E-state index contributed by atoms with van der Waals surface area (Å²) in [6.07, 6.45) is 1.68. The van der Waals surface area contributed by atoms with Crippen molar-refractivity contribution >= 4 is 28.4 Å². The molecule has 1 aliphatic rings. The molecule has 1 heterocycles. The normalized spacial score (nSPS) is 15.7. The van der Waals surface area contributed by atoms with Crippen LogP contribution in [0.5, 0.6) is 0 Å². The van der Waals surface area contributed by atoms with Crippen molar-refractivity contribution in [1.29, 1.82) is 0 Å². The third kappa shape index (κ3) is 3.06. The molecule has 0 spiro atoms. The number of benzene rings is 2. The van der Waals surface area contributed by atoms with Gasteiger partial charge in [-0.25, -0.2) is 4.79 Å². The average molecular weight is 384 g/mol. The van der Waals surface area contributed by atoms with Crippen molar-refractivity contribution in [3.8, 4) is 0 Å². The van der Waals surface area contributed by atoms with Gasteiger partial charge in [0, 0.05) is 17.1 Å². The maximum absolute atomic E-state index is 12.7. The molecule has 1 aromatic heterocycles. The van der Waals surface area contributed by atoms with E-state index in [1.165, 1.54) is 0 Å². The van der Waals surface area contributed by atoms with Crippen LogP contribution in [0.3, 0.4) is 0 Å². The maximum Gasteiger partial charge on any atom is 0.328 e. The smallest absolute Gasteiger partial charge is 0.328 e. The second kappa shape index (κ2) is 6.70. The van der Waals surface area contributed by atoms with E-state index in [1.807, 2.05) is 18.2 Å². The molecule has 138 valence electrons. The summed E-state index contributed by atoms with van der Waals surface area (Å²) >= 11 is 6.03. The van der Waals surface area contributed by atoms with E-state index in [0.29, 0.717) is 21.5 Å². The highest BCUT2D eigenvalue weighted by molar-refractivity contribution is 6.30. The predicted molar refractivity (Wildman–Crippen MR) is 104 cm³/mol. The standard InChI is InChI=1S/C20H18ClN3O3/c1-2-24-19(26)15-6-3-12(10-17(15)23-20(24)27)18(25)22-16-8-4-11-9-13(21)5-7-14(11)16/h3,5-7,9-10,16H,2,4,8H2,1H3,(H,22,25)(H,23,27). The highest BCUT2D eigenvalue weighted by Crippen LogP contribution is 2.33. The van der Waals surface area contributed by atoms with Gasteiger partial charge in [0.1, 0.15) is 0 Å². The lowest BCUT2D eigenvalue weighted by Crippen LogP contribution is -2.34. The summed E-state index contributed by atoms with van der Waals surface area (Å²) in [4.78, 5) is 39.7. The number of halogens is 1. The monoisotopic (exact) mass is 383 g/mol. The average Bonchev–Trinajstić information content (AvgIpc) is 3.03. The number of carbonyl (C=O) groups excluding carboxylic acids is 1. The third-order valence-electron chi connectivity index (χ3n) is 5.05. The molecular weight excluding hydrogens is 366 g/mol. The number of hydrogen-bond acceptors (Lipinski definition) is 3. The summed E-state index contributed by atoms with van der Waals surface area (Å²) < 4.78 is 1.13. The largest absolute Gasteiger partial charge is 0.345 e. The van der Waals surface area contributed by atoms with Crippen molar-refractivity contribution in [2.45, 2.75) is 32.4 Å². The quantitative estimate of drug-likeness (QED) is 0.729. The van der Waals surface area contributed by atoms with Gasteiger partial charge >= 0.3 is 5.69 Å². The van der Waals surface area contributed by atoms with Crippen LogP contribution >= 0.6 is 11.6 Å². The highest BCUT2D eigenvalue weighted by atomic mass is 35.5. The Morgan fingerprint density at radius 2 is 2.07 bits per heavy atom. The van der Waals surface area contributed by atoms with Gasteiger partial charge in [0.2, 0.25) is 0 Å². The van der Waals surface area contributed by atoms with Crippen molar-refractivity contribution in [1.82, 2.24) is 14.9 Å². The van der Waals surface area contributed by atoms with Crippen LogP contribution in [-0.4, -0.2) is 15.5 Å².